The van der Waals surface area contributed by atoms with Gasteiger partial charge in [0, 0.05) is 17.7 Å². The molecule has 0 heterocycles. The molecule has 3 heteroatoms. The minimum absolute atomic E-state index is 0.0416. The Labute approximate surface area is 145 Å². The van der Waals surface area contributed by atoms with Gasteiger partial charge < -0.3 is 10.1 Å². The van der Waals surface area contributed by atoms with E-state index in [-0.39, 0.29) is 11.2 Å². The van der Waals surface area contributed by atoms with Crippen LogP contribution in [0.1, 0.15) is 57.0 Å². The van der Waals surface area contributed by atoms with E-state index in [4.69, 9.17) is 4.74 Å². The maximum absolute atomic E-state index is 12.2. The molecule has 24 heavy (non-hydrogen) atoms. The quantitative estimate of drug-likeness (QED) is 0.690. The lowest BCUT2D eigenvalue weighted by Gasteiger charge is -2.22. The van der Waals surface area contributed by atoms with Crippen LogP contribution in [-0.2, 0) is 5.41 Å². The van der Waals surface area contributed by atoms with Crippen molar-refractivity contribution in [1.29, 1.82) is 0 Å². The molecule has 0 fully saturated rings. The largest absolute Gasteiger partial charge is 0.492 e. The van der Waals surface area contributed by atoms with Gasteiger partial charge in [0.1, 0.15) is 5.75 Å². The van der Waals surface area contributed by atoms with Crippen LogP contribution in [0.3, 0.4) is 0 Å². The van der Waals surface area contributed by atoms with Gasteiger partial charge in [-0.3, -0.25) is 4.79 Å². The Morgan fingerprint density at radius 2 is 1.75 bits per heavy atom. The van der Waals surface area contributed by atoms with Crippen molar-refractivity contribution in [3.05, 3.63) is 53.6 Å². The third-order valence-electron chi connectivity index (χ3n) is 3.96. The van der Waals surface area contributed by atoms with Crippen LogP contribution < -0.4 is 10.1 Å². The summed E-state index contributed by atoms with van der Waals surface area (Å²) in [6.45, 7) is 11.0. The van der Waals surface area contributed by atoms with E-state index >= 15 is 0 Å². The fourth-order valence-corrected chi connectivity index (χ4v) is 2.55. The Hall–Kier alpha value is -2.29. The van der Waals surface area contributed by atoms with Gasteiger partial charge in [-0.25, -0.2) is 0 Å². The number of nitrogens with one attached hydrogen (secondary N) is 1. The Morgan fingerprint density at radius 1 is 1.04 bits per heavy atom. The number of carbonyl (C=O) groups is 1. The molecule has 0 atom stereocenters. The lowest BCUT2D eigenvalue weighted by Crippen LogP contribution is -2.12. The van der Waals surface area contributed by atoms with Crippen molar-refractivity contribution in [2.75, 3.05) is 11.9 Å². The van der Waals surface area contributed by atoms with Gasteiger partial charge in [0.25, 0.3) is 0 Å². The highest BCUT2D eigenvalue weighted by molar-refractivity contribution is 6.01. The molecule has 2 aromatic rings. The highest BCUT2D eigenvalue weighted by Crippen LogP contribution is 2.34. The van der Waals surface area contributed by atoms with E-state index in [1.165, 1.54) is 5.56 Å². The number of para-hydroxylation sites is 1. The third-order valence-corrected chi connectivity index (χ3v) is 3.96. The number of ether oxygens (including phenoxy) is 1. The summed E-state index contributed by atoms with van der Waals surface area (Å²) in [6, 6.07) is 13.8. The van der Waals surface area contributed by atoms with Crippen LogP contribution in [0, 0.1) is 0 Å². The molecule has 128 valence electrons. The topological polar surface area (TPSA) is 38.3 Å². The van der Waals surface area contributed by atoms with Crippen molar-refractivity contribution < 1.29 is 9.53 Å². The molecule has 2 rings (SSSR count). The number of hydrogen-bond donors (Lipinski definition) is 1. The maximum atomic E-state index is 12.2. The van der Waals surface area contributed by atoms with Gasteiger partial charge >= 0.3 is 0 Å². The molecule has 0 amide bonds. The van der Waals surface area contributed by atoms with Gasteiger partial charge in [-0.2, -0.15) is 0 Å². The third kappa shape index (κ3) is 4.16. The van der Waals surface area contributed by atoms with Crippen LogP contribution in [0.2, 0.25) is 0 Å². The van der Waals surface area contributed by atoms with Crippen LogP contribution in [0.4, 0.5) is 11.4 Å². The summed E-state index contributed by atoms with van der Waals surface area (Å²) in [5, 5.41) is 3.41. The Balaban J connectivity index is 2.46. The molecule has 0 aliphatic heterocycles. The van der Waals surface area contributed by atoms with E-state index in [1.54, 1.807) is 0 Å². The lowest BCUT2D eigenvalue weighted by atomic mass is 9.86. The molecule has 0 saturated heterocycles. The molecular formula is C21H27NO2. The summed E-state index contributed by atoms with van der Waals surface area (Å²) in [5.41, 5.74) is 3.67. The number of ketones is 1. The van der Waals surface area contributed by atoms with E-state index in [9.17, 15) is 4.79 Å². The number of rotatable bonds is 6. The first-order valence-corrected chi connectivity index (χ1v) is 8.53. The second-order valence-corrected chi connectivity index (χ2v) is 6.84. The minimum Gasteiger partial charge on any atom is -0.492 e. The van der Waals surface area contributed by atoms with Crippen molar-refractivity contribution in [3.63, 3.8) is 0 Å². The predicted octanol–water partition coefficient (Wildman–Crippen LogP) is 5.72. The second kappa shape index (κ2) is 7.52. The number of anilines is 2. The molecule has 0 saturated carbocycles. The van der Waals surface area contributed by atoms with Gasteiger partial charge in [-0.05, 0) is 42.2 Å². The fourth-order valence-electron chi connectivity index (χ4n) is 2.55. The average molecular weight is 325 g/mol. The zero-order valence-corrected chi connectivity index (χ0v) is 15.3. The van der Waals surface area contributed by atoms with Crippen LogP contribution >= 0.6 is 0 Å². The van der Waals surface area contributed by atoms with Gasteiger partial charge in [-0.1, -0.05) is 45.9 Å². The molecule has 0 aromatic heterocycles. The number of benzene rings is 2. The van der Waals surface area contributed by atoms with Crippen LogP contribution in [-0.4, -0.2) is 12.4 Å². The van der Waals surface area contributed by atoms with Crippen LogP contribution in [0.5, 0.6) is 5.75 Å². The van der Waals surface area contributed by atoms with Gasteiger partial charge in [-0.15, -0.1) is 0 Å². The zero-order chi connectivity index (χ0) is 17.7. The summed E-state index contributed by atoms with van der Waals surface area (Å²) < 4.78 is 5.76. The standard InChI is InChI=1S/C21H27NO2/c1-6-19(23)16-10-8-9-11-17(16)22-18-14-15(21(3,4)5)12-13-20(18)24-7-2/h8-14,22H,6-7H2,1-5H3. The van der Waals surface area contributed by atoms with E-state index in [0.29, 0.717) is 18.6 Å². The van der Waals surface area contributed by atoms with Crippen molar-refractivity contribution in [2.45, 2.75) is 46.5 Å². The normalized spacial score (nSPS) is 11.2. The van der Waals surface area contributed by atoms with Crippen LogP contribution in [0.15, 0.2) is 42.5 Å². The molecule has 2 aromatic carbocycles. The van der Waals surface area contributed by atoms with E-state index < -0.39 is 0 Å². The molecule has 0 aliphatic carbocycles. The molecule has 0 radical (unpaired) electrons. The van der Waals surface area contributed by atoms with E-state index in [2.05, 4.69) is 38.2 Å². The summed E-state index contributed by atoms with van der Waals surface area (Å²) >= 11 is 0. The molecular weight excluding hydrogens is 298 g/mol. The molecule has 0 aliphatic rings. The number of hydrogen-bond acceptors (Lipinski definition) is 3. The molecule has 0 unspecified atom stereocenters. The highest BCUT2D eigenvalue weighted by atomic mass is 16.5. The van der Waals surface area contributed by atoms with Gasteiger partial charge in [0.05, 0.1) is 12.3 Å². The Morgan fingerprint density at radius 3 is 2.38 bits per heavy atom. The first kappa shape index (κ1) is 18.1. The SMILES string of the molecule is CCOc1ccc(C(C)(C)C)cc1Nc1ccccc1C(=O)CC. The Kier molecular flexibility index (Phi) is 5.66. The number of Topliss-reactive ketones (excluding diaryl/α,β-unsaturated/α-hetero) is 1. The highest BCUT2D eigenvalue weighted by Gasteiger charge is 2.17. The summed E-state index contributed by atoms with van der Waals surface area (Å²) in [6.07, 6.45) is 0.485. The van der Waals surface area contributed by atoms with Crippen molar-refractivity contribution in [3.8, 4) is 5.75 Å². The first-order valence-electron chi connectivity index (χ1n) is 8.53. The van der Waals surface area contributed by atoms with E-state index in [1.807, 2.05) is 44.2 Å². The molecule has 1 N–H and O–H groups in total. The van der Waals surface area contributed by atoms with Crippen molar-refractivity contribution in [2.24, 2.45) is 0 Å². The van der Waals surface area contributed by atoms with Crippen molar-refractivity contribution >= 4 is 17.2 Å². The van der Waals surface area contributed by atoms with Crippen LogP contribution in [0.25, 0.3) is 0 Å². The Bertz CT molecular complexity index is 714. The van der Waals surface area contributed by atoms with Gasteiger partial charge in [0.15, 0.2) is 5.78 Å². The predicted molar refractivity (Wildman–Crippen MR) is 101 cm³/mol. The first-order chi connectivity index (χ1) is 11.4. The summed E-state index contributed by atoms with van der Waals surface area (Å²) in [4.78, 5) is 12.2. The fraction of sp³-hybridized carbons (Fsp3) is 0.381. The molecule has 0 spiro atoms. The second-order valence-electron chi connectivity index (χ2n) is 6.84. The monoisotopic (exact) mass is 325 g/mol. The van der Waals surface area contributed by atoms with Crippen molar-refractivity contribution in [1.82, 2.24) is 0 Å². The minimum atomic E-state index is 0.0416. The lowest BCUT2D eigenvalue weighted by molar-refractivity contribution is 0.0989. The zero-order valence-electron chi connectivity index (χ0n) is 15.3. The van der Waals surface area contributed by atoms with Gasteiger partial charge in [0.2, 0.25) is 0 Å². The summed E-state index contributed by atoms with van der Waals surface area (Å²) in [5.74, 6) is 0.923. The smallest absolute Gasteiger partial charge is 0.164 e. The molecule has 0 bridgehead atoms. The molecule has 3 nitrogen and oxygen atoms in total. The summed E-state index contributed by atoms with van der Waals surface area (Å²) in [7, 11) is 0. The average Bonchev–Trinajstić information content (AvgIpc) is 2.55. The van der Waals surface area contributed by atoms with E-state index in [0.717, 1.165) is 17.1 Å². The maximum Gasteiger partial charge on any atom is 0.164 e. The number of carbonyl (C=O) groups excluding carboxylic acids is 1.